The number of rotatable bonds is 6. The second-order valence-electron chi connectivity index (χ2n) is 3.23. The lowest BCUT2D eigenvalue weighted by atomic mass is 10.1. The fraction of sp³-hybridized carbons (Fsp3) is 0.800. The van der Waals surface area contributed by atoms with Crippen molar-refractivity contribution in [1.82, 2.24) is 0 Å². The standard InChI is InChI=1S/C10H18O/c1-3-5-6-8-10-9(11-10)7-4-2/h4,9-10H,2-3,5-8H2,1H3. The van der Waals surface area contributed by atoms with Gasteiger partial charge in [-0.15, -0.1) is 6.58 Å². The summed E-state index contributed by atoms with van der Waals surface area (Å²) in [6.07, 6.45) is 9.31. The largest absolute Gasteiger partial charge is 0.369 e. The first-order valence-corrected chi connectivity index (χ1v) is 4.64. The van der Waals surface area contributed by atoms with Gasteiger partial charge < -0.3 is 4.74 Å². The first-order chi connectivity index (χ1) is 5.38. The topological polar surface area (TPSA) is 12.5 Å². The molecule has 0 radical (unpaired) electrons. The molecule has 0 bridgehead atoms. The Morgan fingerprint density at radius 3 is 2.82 bits per heavy atom. The zero-order valence-corrected chi connectivity index (χ0v) is 7.38. The number of ether oxygens (including phenoxy) is 1. The fourth-order valence-electron chi connectivity index (χ4n) is 1.40. The van der Waals surface area contributed by atoms with Crippen LogP contribution in [0.2, 0.25) is 0 Å². The van der Waals surface area contributed by atoms with Gasteiger partial charge in [-0.05, 0) is 12.8 Å². The maximum Gasteiger partial charge on any atom is 0.0876 e. The van der Waals surface area contributed by atoms with Crippen LogP contribution >= 0.6 is 0 Å². The van der Waals surface area contributed by atoms with Gasteiger partial charge in [0.15, 0.2) is 0 Å². The normalized spacial score (nSPS) is 28.5. The van der Waals surface area contributed by atoms with Crippen molar-refractivity contribution in [3.8, 4) is 0 Å². The van der Waals surface area contributed by atoms with Crippen molar-refractivity contribution in [3.63, 3.8) is 0 Å². The molecule has 0 aromatic heterocycles. The molecule has 1 aliphatic rings. The summed E-state index contributed by atoms with van der Waals surface area (Å²) in [5, 5.41) is 0. The summed E-state index contributed by atoms with van der Waals surface area (Å²) >= 11 is 0. The Balaban J connectivity index is 1.91. The minimum atomic E-state index is 0.518. The monoisotopic (exact) mass is 154 g/mol. The van der Waals surface area contributed by atoms with Crippen LogP contribution < -0.4 is 0 Å². The van der Waals surface area contributed by atoms with Gasteiger partial charge in [-0.3, -0.25) is 0 Å². The molecule has 1 heterocycles. The molecule has 1 aliphatic heterocycles. The van der Waals surface area contributed by atoms with Crippen molar-refractivity contribution in [3.05, 3.63) is 12.7 Å². The number of hydrogen-bond acceptors (Lipinski definition) is 1. The molecule has 11 heavy (non-hydrogen) atoms. The average molecular weight is 154 g/mol. The highest BCUT2D eigenvalue weighted by molar-refractivity contribution is 4.89. The number of unbranched alkanes of at least 4 members (excludes halogenated alkanes) is 2. The minimum absolute atomic E-state index is 0.518. The minimum Gasteiger partial charge on any atom is -0.369 e. The van der Waals surface area contributed by atoms with Crippen LogP contribution in [0, 0.1) is 0 Å². The van der Waals surface area contributed by atoms with Gasteiger partial charge in [0.05, 0.1) is 12.2 Å². The predicted molar refractivity (Wildman–Crippen MR) is 47.6 cm³/mol. The quantitative estimate of drug-likeness (QED) is 0.325. The van der Waals surface area contributed by atoms with E-state index in [0.29, 0.717) is 12.2 Å². The smallest absolute Gasteiger partial charge is 0.0876 e. The molecule has 0 amide bonds. The van der Waals surface area contributed by atoms with E-state index in [4.69, 9.17) is 4.74 Å². The van der Waals surface area contributed by atoms with E-state index in [1.807, 2.05) is 6.08 Å². The van der Waals surface area contributed by atoms with E-state index in [-0.39, 0.29) is 0 Å². The Labute approximate surface area is 69.4 Å². The number of epoxide rings is 1. The Morgan fingerprint density at radius 2 is 2.18 bits per heavy atom. The van der Waals surface area contributed by atoms with Crippen molar-refractivity contribution in [1.29, 1.82) is 0 Å². The number of hydrogen-bond donors (Lipinski definition) is 0. The molecule has 1 heteroatoms. The zero-order valence-electron chi connectivity index (χ0n) is 7.38. The van der Waals surface area contributed by atoms with Gasteiger partial charge in [0.25, 0.3) is 0 Å². The van der Waals surface area contributed by atoms with Crippen molar-refractivity contribution >= 4 is 0 Å². The van der Waals surface area contributed by atoms with Crippen molar-refractivity contribution in [2.24, 2.45) is 0 Å². The van der Waals surface area contributed by atoms with Crippen LogP contribution in [-0.2, 0) is 4.74 Å². The van der Waals surface area contributed by atoms with Crippen LogP contribution in [0.25, 0.3) is 0 Å². The molecule has 0 aromatic rings. The molecule has 1 nitrogen and oxygen atoms in total. The first kappa shape index (κ1) is 8.79. The highest BCUT2D eigenvalue weighted by Crippen LogP contribution is 2.29. The lowest BCUT2D eigenvalue weighted by Crippen LogP contribution is -1.91. The van der Waals surface area contributed by atoms with Gasteiger partial charge >= 0.3 is 0 Å². The third kappa shape index (κ3) is 3.06. The van der Waals surface area contributed by atoms with Crippen LogP contribution in [0.5, 0.6) is 0 Å². The maximum atomic E-state index is 5.43. The summed E-state index contributed by atoms with van der Waals surface area (Å²) in [4.78, 5) is 0. The molecular weight excluding hydrogens is 136 g/mol. The van der Waals surface area contributed by atoms with Gasteiger partial charge in [-0.1, -0.05) is 32.3 Å². The third-order valence-corrected chi connectivity index (χ3v) is 2.18. The summed E-state index contributed by atoms with van der Waals surface area (Å²) < 4.78 is 5.43. The van der Waals surface area contributed by atoms with E-state index in [9.17, 15) is 0 Å². The van der Waals surface area contributed by atoms with Crippen LogP contribution in [0.1, 0.15) is 39.0 Å². The maximum absolute atomic E-state index is 5.43. The second-order valence-corrected chi connectivity index (χ2v) is 3.23. The molecule has 1 rings (SSSR count). The Kier molecular flexibility index (Phi) is 3.64. The molecule has 0 N–H and O–H groups in total. The fourth-order valence-corrected chi connectivity index (χ4v) is 1.40. The van der Waals surface area contributed by atoms with E-state index >= 15 is 0 Å². The van der Waals surface area contributed by atoms with E-state index in [2.05, 4.69) is 13.5 Å². The van der Waals surface area contributed by atoms with Crippen LogP contribution in [-0.4, -0.2) is 12.2 Å². The molecule has 2 atom stereocenters. The summed E-state index contributed by atoms with van der Waals surface area (Å²) in [7, 11) is 0. The van der Waals surface area contributed by atoms with Gasteiger partial charge in [0.1, 0.15) is 0 Å². The molecule has 2 unspecified atom stereocenters. The zero-order chi connectivity index (χ0) is 8.10. The van der Waals surface area contributed by atoms with Gasteiger partial charge in [-0.2, -0.15) is 0 Å². The Morgan fingerprint density at radius 1 is 1.36 bits per heavy atom. The summed E-state index contributed by atoms with van der Waals surface area (Å²) in [6, 6.07) is 0. The molecule has 0 aliphatic carbocycles. The van der Waals surface area contributed by atoms with Crippen molar-refractivity contribution in [2.45, 2.75) is 51.2 Å². The second kappa shape index (κ2) is 4.55. The van der Waals surface area contributed by atoms with E-state index in [1.54, 1.807) is 0 Å². The molecule has 0 aromatic carbocycles. The summed E-state index contributed by atoms with van der Waals surface area (Å²) in [5.74, 6) is 0. The molecule has 0 spiro atoms. The molecular formula is C10H18O. The van der Waals surface area contributed by atoms with E-state index < -0.39 is 0 Å². The Hall–Kier alpha value is -0.300. The lowest BCUT2D eigenvalue weighted by Gasteiger charge is -1.92. The van der Waals surface area contributed by atoms with E-state index in [1.165, 1.54) is 25.7 Å². The highest BCUT2D eigenvalue weighted by atomic mass is 16.6. The van der Waals surface area contributed by atoms with Crippen molar-refractivity contribution < 1.29 is 4.74 Å². The van der Waals surface area contributed by atoms with E-state index in [0.717, 1.165) is 6.42 Å². The third-order valence-electron chi connectivity index (χ3n) is 2.18. The Bertz CT molecular complexity index is 120. The molecule has 64 valence electrons. The highest BCUT2D eigenvalue weighted by Gasteiger charge is 2.36. The molecule has 1 fully saturated rings. The average Bonchev–Trinajstić information content (AvgIpc) is 2.70. The molecule has 1 saturated heterocycles. The van der Waals surface area contributed by atoms with Crippen LogP contribution in [0.4, 0.5) is 0 Å². The van der Waals surface area contributed by atoms with Gasteiger partial charge in [-0.25, -0.2) is 0 Å². The van der Waals surface area contributed by atoms with Crippen LogP contribution in [0.15, 0.2) is 12.7 Å². The molecule has 0 saturated carbocycles. The first-order valence-electron chi connectivity index (χ1n) is 4.64. The summed E-state index contributed by atoms with van der Waals surface area (Å²) in [5.41, 5.74) is 0. The van der Waals surface area contributed by atoms with Gasteiger partial charge in [0, 0.05) is 0 Å². The van der Waals surface area contributed by atoms with Crippen LogP contribution in [0.3, 0.4) is 0 Å². The van der Waals surface area contributed by atoms with Crippen molar-refractivity contribution in [2.75, 3.05) is 0 Å². The lowest BCUT2D eigenvalue weighted by molar-refractivity contribution is 0.359. The summed E-state index contributed by atoms with van der Waals surface area (Å²) in [6.45, 7) is 5.92. The SMILES string of the molecule is C=CCC1OC1CCCCC. The predicted octanol–water partition coefficient (Wildman–Crippen LogP) is 2.91. The van der Waals surface area contributed by atoms with Gasteiger partial charge in [0.2, 0.25) is 0 Å².